The molecule has 2 heterocycles. The maximum absolute atomic E-state index is 3.51. The summed E-state index contributed by atoms with van der Waals surface area (Å²) in [6, 6.07) is 5.19. The minimum Gasteiger partial charge on any atom is -0.310 e. The van der Waals surface area contributed by atoms with Crippen molar-refractivity contribution >= 4 is 11.3 Å². The number of thiophene rings is 1. The Hall–Kier alpha value is -0.380. The van der Waals surface area contributed by atoms with Crippen LogP contribution in [0.2, 0.25) is 0 Å². The SMILES string of the molecule is CCCC1CCCN(Cc2ccc(CNC(C)C)s2)CC1. The lowest BCUT2D eigenvalue weighted by Crippen LogP contribution is -2.23. The first-order valence-corrected chi connectivity index (χ1v) is 9.52. The second-order valence-corrected chi connectivity index (χ2v) is 8.02. The zero-order valence-electron chi connectivity index (χ0n) is 14.0. The Balaban J connectivity index is 1.78. The molecule has 1 unspecified atom stereocenters. The van der Waals surface area contributed by atoms with Crippen molar-refractivity contribution in [3.8, 4) is 0 Å². The molecule has 1 aliphatic heterocycles. The van der Waals surface area contributed by atoms with Crippen molar-refractivity contribution in [1.82, 2.24) is 10.2 Å². The van der Waals surface area contributed by atoms with E-state index >= 15 is 0 Å². The first-order chi connectivity index (χ1) is 10.2. The molecule has 0 saturated carbocycles. The van der Waals surface area contributed by atoms with Crippen LogP contribution in [-0.2, 0) is 13.1 Å². The monoisotopic (exact) mass is 308 g/mol. The number of hydrogen-bond acceptors (Lipinski definition) is 3. The third-order valence-electron chi connectivity index (χ3n) is 4.42. The van der Waals surface area contributed by atoms with E-state index in [9.17, 15) is 0 Å². The van der Waals surface area contributed by atoms with E-state index in [4.69, 9.17) is 0 Å². The Kier molecular flexibility index (Phi) is 7.21. The van der Waals surface area contributed by atoms with Crippen LogP contribution < -0.4 is 5.32 Å². The van der Waals surface area contributed by atoms with Gasteiger partial charge in [-0.1, -0.05) is 33.6 Å². The molecule has 0 radical (unpaired) electrons. The van der Waals surface area contributed by atoms with Gasteiger partial charge in [-0.05, 0) is 50.4 Å². The number of rotatable bonds is 7. The Labute approximate surface area is 134 Å². The molecule has 1 aromatic heterocycles. The third-order valence-corrected chi connectivity index (χ3v) is 5.49. The fourth-order valence-corrected chi connectivity index (χ4v) is 4.22. The molecule has 0 aliphatic carbocycles. The molecule has 1 aromatic rings. The average Bonchev–Trinajstić information content (AvgIpc) is 2.78. The van der Waals surface area contributed by atoms with E-state index in [-0.39, 0.29) is 0 Å². The van der Waals surface area contributed by atoms with Crippen molar-refractivity contribution in [2.45, 2.75) is 72.0 Å². The highest BCUT2D eigenvalue weighted by molar-refractivity contribution is 7.11. The van der Waals surface area contributed by atoms with E-state index in [2.05, 4.69) is 43.1 Å². The van der Waals surface area contributed by atoms with Crippen LogP contribution in [0.1, 0.15) is 62.6 Å². The van der Waals surface area contributed by atoms with E-state index in [0.29, 0.717) is 6.04 Å². The van der Waals surface area contributed by atoms with Crippen LogP contribution in [0, 0.1) is 5.92 Å². The Morgan fingerprint density at radius 2 is 2.05 bits per heavy atom. The Morgan fingerprint density at radius 1 is 1.24 bits per heavy atom. The fraction of sp³-hybridized carbons (Fsp3) is 0.778. The van der Waals surface area contributed by atoms with Crippen molar-refractivity contribution in [3.63, 3.8) is 0 Å². The van der Waals surface area contributed by atoms with Gasteiger partial charge in [0.1, 0.15) is 0 Å². The molecule has 1 atom stereocenters. The summed E-state index contributed by atoms with van der Waals surface area (Å²) in [5.74, 6) is 0.981. The summed E-state index contributed by atoms with van der Waals surface area (Å²) in [7, 11) is 0. The fourth-order valence-electron chi connectivity index (χ4n) is 3.21. The second kappa shape index (κ2) is 8.92. The van der Waals surface area contributed by atoms with Crippen LogP contribution in [0.25, 0.3) is 0 Å². The lowest BCUT2D eigenvalue weighted by molar-refractivity contribution is 0.273. The second-order valence-electron chi connectivity index (χ2n) is 6.77. The van der Waals surface area contributed by atoms with Gasteiger partial charge in [0.25, 0.3) is 0 Å². The molecule has 0 bridgehead atoms. The highest BCUT2D eigenvalue weighted by Gasteiger charge is 2.17. The van der Waals surface area contributed by atoms with Crippen molar-refractivity contribution in [3.05, 3.63) is 21.9 Å². The lowest BCUT2D eigenvalue weighted by atomic mass is 9.96. The van der Waals surface area contributed by atoms with Crippen LogP contribution in [0.4, 0.5) is 0 Å². The van der Waals surface area contributed by atoms with Gasteiger partial charge in [-0.2, -0.15) is 0 Å². The van der Waals surface area contributed by atoms with Crippen LogP contribution in [0.15, 0.2) is 12.1 Å². The van der Waals surface area contributed by atoms with E-state index in [1.54, 1.807) is 0 Å². The van der Waals surface area contributed by atoms with Crippen molar-refractivity contribution in [2.24, 2.45) is 5.92 Å². The molecule has 1 saturated heterocycles. The quantitative estimate of drug-likeness (QED) is 0.789. The van der Waals surface area contributed by atoms with Crippen molar-refractivity contribution < 1.29 is 0 Å². The number of hydrogen-bond donors (Lipinski definition) is 1. The summed E-state index contributed by atoms with van der Waals surface area (Å²) >= 11 is 1.98. The first-order valence-electron chi connectivity index (χ1n) is 8.70. The van der Waals surface area contributed by atoms with Crippen LogP contribution >= 0.6 is 11.3 Å². The Bertz CT molecular complexity index is 400. The molecule has 0 amide bonds. The molecule has 0 aromatic carbocycles. The molecule has 0 spiro atoms. The van der Waals surface area contributed by atoms with Gasteiger partial charge in [0.05, 0.1) is 0 Å². The van der Waals surface area contributed by atoms with Gasteiger partial charge >= 0.3 is 0 Å². The summed E-state index contributed by atoms with van der Waals surface area (Å²) in [6.45, 7) is 11.5. The first kappa shape index (κ1) is 17.0. The zero-order chi connectivity index (χ0) is 15.1. The molecule has 120 valence electrons. The minimum atomic E-state index is 0.566. The average molecular weight is 309 g/mol. The normalized spacial score (nSPS) is 20.9. The van der Waals surface area contributed by atoms with Crippen LogP contribution in [0.3, 0.4) is 0 Å². The lowest BCUT2D eigenvalue weighted by Gasteiger charge is -2.19. The van der Waals surface area contributed by atoms with Gasteiger partial charge in [0.2, 0.25) is 0 Å². The van der Waals surface area contributed by atoms with E-state index < -0.39 is 0 Å². The Morgan fingerprint density at radius 3 is 2.81 bits per heavy atom. The van der Waals surface area contributed by atoms with Crippen LogP contribution in [0.5, 0.6) is 0 Å². The smallest absolute Gasteiger partial charge is 0.0328 e. The van der Waals surface area contributed by atoms with E-state index in [0.717, 1.165) is 19.0 Å². The summed E-state index contributed by atoms with van der Waals surface area (Å²) in [6.07, 6.45) is 7.01. The minimum absolute atomic E-state index is 0.566. The van der Waals surface area contributed by atoms with Gasteiger partial charge in [-0.15, -0.1) is 11.3 Å². The molecular formula is C18H32N2S. The maximum Gasteiger partial charge on any atom is 0.0328 e. The summed E-state index contributed by atoms with van der Waals surface area (Å²) in [4.78, 5) is 5.67. The number of nitrogens with zero attached hydrogens (tertiary/aromatic N) is 1. The topological polar surface area (TPSA) is 15.3 Å². The molecular weight excluding hydrogens is 276 g/mol. The molecule has 3 heteroatoms. The molecule has 21 heavy (non-hydrogen) atoms. The molecule has 2 rings (SSSR count). The zero-order valence-corrected chi connectivity index (χ0v) is 14.8. The van der Waals surface area contributed by atoms with Gasteiger partial charge < -0.3 is 5.32 Å². The van der Waals surface area contributed by atoms with E-state index in [1.165, 1.54) is 54.9 Å². The van der Waals surface area contributed by atoms with Crippen molar-refractivity contribution in [1.29, 1.82) is 0 Å². The van der Waals surface area contributed by atoms with Crippen molar-refractivity contribution in [2.75, 3.05) is 13.1 Å². The van der Waals surface area contributed by atoms with Gasteiger partial charge in [-0.3, -0.25) is 4.90 Å². The summed E-state index contributed by atoms with van der Waals surface area (Å²) in [5.41, 5.74) is 0. The third kappa shape index (κ3) is 6.09. The molecule has 1 fully saturated rings. The molecule has 1 aliphatic rings. The molecule has 2 nitrogen and oxygen atoms in total. The summed E-state index contributed by atoms with van der Waals surface area (Å²) < 4.78 is 0. The highest BCUT2D eigenvalue weighted by Crippen LogP contribution is 2.24. The van der Waals surface area contributed by atoms with Gasteiger partial charge in [0.15, 0.2) is 0 Å². The van der Waals surface area contributed by atoms with E-state index in [1.807, 2.05) is 11.3 Å². The standard InChI is InChI=1S/C18H32N2S/c1-4-6-16-7-5-11-20(12-10-16)14-18-9-8-17(21-18)13-19-15(2)3/h8-9,15-16,19H,4-7,10-14H2,1-3H3. The van der Waals surface area contributed by atoms with Gasteiger partial charge in [-0.25, -0.2) is 0 Å². The van der Waals surface area contributed by atoms with Gasteiger partial charge in [0, 0.05) is 28.9 Å². The number of likely N-dealkylation sites (tertiary alicyclic amines) is 1. The van der Waals surface area contributed by atoms with Crippen LogP contribution in [-0.4, -0.2) is 24.0 Å². The predicted octanol–water partition coefficient (Wildman–Crippen LogP) is 4.65. The highest BCUT2D eigenvalue weighted by atomic mass is 32.1. The maximum atomic E-state index is 3.51. The number of nitrogens with one attached hydrogen (secondary N) is 1. The molecule has 1 N–H and O–H groups in total. The summed E-state index contributed by atoms with van der Waals surface area (Å²) in [5, 5.41) is 3.51. The largest absolute Gasteiger partial charge is 0.310 e. The predicted molar refractivity (Wildman–Crippen MR) is 93.8 cm³/mol.